The Morgan fingerprint density at radius 2 is 1.70 bits per heavy atom. The summed E-state index contributed by atoms with van der Waals surface area (Å²) < 4.78 is 6.79. The molecule has 9 nitrogen and oxygen atoms in total. The van der Waals surface area contributed by atoms with Crippen LogP contribution in [-0.4, -0.2) is 45.5 Å². The zero-order valence-electron chi connectivity index (χ0n) is 18.2. The van der Waals surface area contributed by atoms with Crippen LogP contribution in [0, 0.1) is 0 Å². The molecular formula is C24H24N4O5. The van der Waals surface area contributed by atoms with Crippen LogP contribution in [0.4, 0.5) is 10.6 Å². The van der Waals surface area contributed by atoms with Gasteiger partial charge in [-0.1, -0.05) is 55.5 Å². The fourth-order valence-corrected chi connectivity index (χ4v) is 4.08. The van der Waals surface area contributed by atoms with Gasteiger partial charge >= 0.3 is 12.1 Å². The normalized spacial score (nSPS) is 13.0. The fraction of sp³-hybridized carbons (Fsp3) is 0.250. The number of rotatable bonds is 7. The van der Waals surface area contributed by atoms with E-state index in [-0.39, 0.29) is 30.3 Å². The van der Waals surface area contributed by atoms with Crippen molar-refractivity contribution in [2.45, 2.75) is 25.3 Å². The van der Waals surface area contributed by atoms with Crippen molar-refractivity contribution < 1.29 is 24.2 Å². The van der Waals surface area contributed by atoms with Gasteiger partial charge in [-0.25, -0.2) is 9.59 Å². The van der Waals surface area contributed by atoms with Crippen molar-refractivity contribution in [2.75, 3.05) is 11.9 Å². The summed E-state index contributed by atoms with van der Waals surface area (Å²) in [6, 6.07) is 15.1. The highest BCUT2D eigenvalue weighted by Gasteiger charge is 2.30. The lowest BCUT2D eigenvalue weighted by Crippen LogP contribution is -2.44. The van der Waals surface area contributed by atoms with Gasteiger partial charge in [-0.2, -0.15) is 5.10 Å². The molecule has 1 heterocycles. The van der Waals surface area contributed by atoms with Gasteiger partial charge in [-0.15, -0.1) is 0 Å². The third-order valence-corrected chi connectivity index (χ3v) is 5.66. The molecule has 4 rings (SSSR count). The number of carbonyl (C=O) groups excluding carboxylic acids is 2. The molecule has 170 valence electrons. The van der Waals surface area contributed by atoms with Gasteiger partial charge < -0.3 is 20.5 Å². The number of carbonyl (C=O) groups is 3. The Kier molecular flexibility index (Phi) is 6.12. The standard InChI is InChI=1S/C24H24N4O5/c1-3-20(22(29)26-21-18(23(30)31)12-28(2)27-21)25-24(32)33-13-19-16-10-6-4-8-14(16)15-9-5-7-11-17(15)19/h4-12,19-20H,3,13H2,1-2H3,(H,25,32)(H,30,31)(H,26,27,29)/t20-/m0/s1. The van der Waals surface area contributed by atoms with E-state index in [2.05, 4.69) is 27.9 Å². The van der Waals surface area contributed by atoms with Crippen molar-refractivity contribution in [1.29, 1.82) is 0 Å². The average Bonchev–Trinajstić information content (AvgIpc) is 3.33. The van der Waals surface area contributed by atoms with E-state index >= 15 is 0 Å². The van der Waals surface area contributed by atoms with Crippen molar-refractivity contribution in [3.63, 3.8) is 0 Å². The zero-order valence-corrected chi connectivity index (χ0v) is 18.2. The first-order valence-corrected chi connectivity index (χ1v) is 10.6. The van der Waals surface area contributed by atoms with Gasteiger partial charge in [0.25, 0.3) is 0 Å². The van der Waals surface area contributed by atoms with E-state index in [9.17, 15) is 19.5 Å². The van der Waals surface area contributed by atoms with Gasteiger partial charge in [0.2, 0.25) is 5.91 Å². The van der Waals surface area contributed by atoms with E-state index in [1.807, 2.05) is 36.4 Å². The number of carboxylic acids is 1. The molecule has 0 aliphatic heterocycles. The Labute approximate surface area is 190 Å². The molecule has 0 saturated heterocycles. The summed E-state index contributed by atoms with van der Waals surface area (Å²) in [5, 5.41) is 18.2. The van der Waals surface area contributed by atoms with E-state index in [4.69, 9.17) is 4.74 Å². The number of nitrogens with zero attached hydrogens (tertiary/aromatic N) is 2. The first kappa shape index (κ1) is 22.1. The largest absolute Gasteiger partial charge is 0.477 e. The molecule has 1 aromatic heterocycles. The van der Waals surface area contributed by atoms with E-state index in [1.165, 1.54) is 10.9 Å². The Morgan fingerprint density at radius 1 is 1.09 bits per heavy atom. The number of alkyl carbamates (subject to hydrolysis) is 1. The summed E-state index contributed by atoms with van der Waals surface area (Å²) in [5.74, 6) is -1.96. The molecule has 3 aromatic rings. The van der Waals surface area contributed by atoms with E-state index in [1.54, 1.807) is 14.0 Å². The van der Waals surface area contributed by atoms with Crippen molar-refractivity contribution in [1.82, 2.24) is 15.1 Å². The SMILES string of the molecule is CC[C@H](NC(=O)OCC1c2ccccc2-c2ccccc21)C(=O)Nc1nn(C)cc1C(=O)O. The summed E-state index contributed by atoms with van der Waals surface area (Å²) in [5.41, 5.74) is 4.29. The van der Waals surface area contributed by atoms with Crippen molar-refractivity contribution in [3.05, 3.63) is 71.4 Å². The maximum atomic E-state index is 12.6. The maximum Gasteiger partial charge on any atom is 0.407 e. The van der Waals surface area contributed by atoms with Crippen molar-refractivity contribution >= 4 is 23.8 Å². The molecule has 2 aromatic carbocycles. The molecule has 1 aliphatic rings. The molecule has 0 unspecified atom stereocenters. The lowest BCUT2D eigenvalue weighted by molar-refractivity contribution is -0.118. The number of ether oxygens (including phenoxy) is 1. The summed E-state index contributed by atoms with van der Waals surface area (Å²) in [4.78, 5) is 36.5. The second-order valence-corrected chi connectivity index (χ2v) is 7.79. The Balaban J connectivity index is 1.40. The Hall–Kier alpha value is -4.14. The monoisotopic (exact) mass is 448 g/mol. The van der Waals surface area contributed by atoms with Gasteiger partial charge in [-0.3, -0.25) is 9.48 Å². The first-order chi connectivity index (χ1) is 15.9. The number of benzene rings is 2. The van der Waals surface area contributed by atoms with Crippen LogP contribution in [-0.2, 0) is 16.6 Å². The smallest absolute Gasteiger partial charge is 0.407 e. The highest BCUT2D eigenvalue weighted by atomic mass is 16.5. The van der Waals surface area contributed by atoms with Gasteiger partial charge in [0.05, 0.1) is 0 Å². The predicted molar refractivity (Wildman–Crippen MR) is 121 cm³/mol. The highest BCUT2D eigenvalue weighted by molar-refractivity contribution is 6.01. The van der Waals surface area contributed by atoms with Crippen LogP contribution in [0.15, 0.2) is 54.7 Å². The van der Waals surface area contributed by atoms with Gasteiger partial charge in [0.1, 0.15) is 18.2 Å². The molecule has 33 heavy (non-hydrogen) atoms. The molecule has 0 fully saturated rings. The fourth-order valence-electron chi connectivity index (χ4n) is 4.08. The number of amides is 2. The highest BCUT2D eigenvalue weighted by Crippen LogP contribution is 2.44. The average molecular weight is 448 g/mol. The van der Waals surface area contributed by atoms with E-state index < -0.39 is 24.0 Å². The predicted octanol–water partition coefficient (Wildman–Crippen LogP) is 3.37. The molecule has 0 spiro atoms. The number of nitrogens with one attached hydrogen (secondary N) is 2. The van der Waals surface area contributed by atoms with Crippen molar-refractivity contribution in [2.24, 2.45) is 7.05 Å². The minimum absolute atomic E-state index is 0.0808. The van der Waals surface area contributed by atoms with Crippen LogP contribution in [0.1, 0.15) is 40.7 Å². The molecule has 0 bridgehead atoms. The van der Waals surface area contributed by atoms with Gasteiger partial charge in [-0.05, 0) is 28.7 Å². The number of anilines is 1. The number of aromatic nitrogens is 2. The van der Waals surface area contributed by atoms with Crippen LogP contribution in [0.2, 0.25) is 0 Å². The molecule has 0 saturated carbocycles. The number of carboxylic acid groups (broad SMARTS) is 1. The molecule has 9 heteroatoms. The minimum Gasteiger partial charge on any atom is -0.477 e. The Bertz CT molecular complexity index is 1170. The van der Waals surface area contributed by atoms with Crippen LogP contribution in [0.25, 0.3) is 11.1 Å². The number of aryl methyl sites for hydroxylation is 1. The summed E-state index contributed by atoms with van der Waals surface area (Å²) >= 11 is 0. The summed E-state index contributed by atoms with van der Waals surface area (Å²) in [6.45, 7) is 1.85. The number of aromatic carboxylic acids is 1. The third kappa shape index (κ3) is 4.43. The molecular weight excluding hydrogens is 424 g/mol. The minimum atomic E-state index is -1.21. The lowest BCUT2D eigenvalue weighted by atomic mass is 9.98. The molecule has 2 amide bonds. The number of hydrogen-bond donors (Lipinski definition) is 3. The van der Waals surface area contributed by atoms with Crippen LogP contribution in [0.3, 0.4) is 0 Å². The van der Waals surface area contributed by atoms with E-state index in [0.29, 0.717) is 0 Å². The number of hydrogen-bond acceptors (Lipinski definition) is 5. The second kappa shape index (κ2) is 9.15. The molecule has 3 N–H and O–H groups in total. The lowest BCUT2D eigenvalue weighted by Gasteiger charge is -2.18. The third-order valence-electron chi connectivity index (χ3n) is 5.66. The quantitative estimate of drug-likeness (QED) is 0.509. The van der Waals surface area contributed by atoms with Crippen LogP contribution in [0.5, 0.6) is 0 Å². The zero-order chi connectivity index (χ0) is 23.5. The number of fused-ring (bicyclic) bond motifs is 3. The van der Waals surface area contributed by atoms with Crippen LogP contribution < -0.4 is 10.6 Å². The summed E-state index contributed by atoms with van der Waals surface area (Å²) in [7, 11) is 1.55. The topological polar surface area (TPSA) is 123 Å². The molecule has 1 atom stereocenters. The van der Waals surface area contributed by atoms with Crippen molar-refractivity contribution in [3.8, 4) is 11.1 Å². The first-order valence-electron chi connectivity index (χ1n) is 10.6. The van der Waals surface area contributed by atoms with Gasteiger partial charge in [0, 0.05) is 19.2 Å². The Morgan fingerprint density at radius 3 is 2.27 bits per heavy atom. The molecule has 0 radical (unpaired) electrons. The maximum absolute atomic E-state index is 12.6. The summed E-state index contributed by atoms with van der Waals surface area (Å²) in [6.07, 6.45) is 0.849. The molecule has 1 aliphatic carbocycles. The van der Waals surface area contributed by atoms with E-state index in [0.717, 1.165) is 22.3 Å². The van der Waals surface area contributed by atoms with Gasteiger partial charge in [0.15, 0.2) is 5.82 Å². The van der Waals surface area contributed by atoms with Crippen LogP contribution >= 0.6 is 0 Å². The second-order valence-electron chi connectivity index (χ2n) is 7.79.